The first-order chi connectivity index (χ1) is 8.81. The molecular weight excluding hydrogens is 226 g/mol. The molecule has 2 fully saturated rings. The number of amides is 1. The Kier molecular flexibility index (Phi) is 3.19. The molecule has 2 aliphatic rings. The van der Waals surface area contributed by atoms with Gasteiger partial charge in [0.15, 0.2) is 0 Å². The van der Waals surface area contributed by atoms with E-state index in [9.17, 15) is 4.79 Å². The third-order valence-electron chi connectivity index (χ3n) is 3.51. The molecule has 1 aromatic carbocycles. The van der Waals surface area contributed by atoms with Crippen molar-refractivity contribution in [2.24, 2.45) is 5.92 Å². The summed E-state index contributed by atoms with van der Waals surface area (Å²) in [5.74, 6) is 0.412. The van der Waals surface area contributed by atoms with E-state index in [1.54, 1.807) is 0 Å². The summed E-state index contributed by atoms with van der Waals surface area (Å²) in [4.78, 5) is 11.7. The summed E-state index contributed by atoms with van der Waals surface area (Å²) in [6.45, 7) is 2.09. The SMILES string of the molecule is O=C(Nc1cccc(NC2CCNC2)c1)C1CC1. The van der Waals surface area contributed by atoms with Crippen molar-refractivity contribution in [3.8, 4) is 0 Å². The molecule has 1 saturated heterocycles. The van der Waals surface area contributed by atoms with Gasteiger partial charge < -0.3 is 16.0 Å². The van der Waals surface area contributed by atoms with Crippen LogP contribution in [0.2, 0.25) is 0 Å². The predicted octanol–water partition coefficient (Wildman–Crippen LogP) is 1.81. The van der Waals surface area contributed by atoms with E-state index in [1.165, 1.54) is 0 Å². The quantitative estimate of drug-likeness (QED) is 0.758. The summed E-state index contributed by atoms with van der Waals surface area (Å²) in [6, 6.07) is 8.48. The summed E-state index contributed by atoms with van der Waals surface area (Å²) < 4.78 is 0. The maximum atomic E-state index is 11.7. The Hall–Kier alpha value is -1.55. The minimum Gasteiger partial charge on any atom is -0.381 e. The van der Waals surface area contributed by atoms with E-state index < -0.39 is 0 Å². The van der Waals surface area contributed by atoms with E-state index in [4.69, 9.17) is 0 Å². The monoisotopic (exact) mass is 245 g/mol. The lowest BCUT2D eigenvalue weighted by atomic mass is 10.2. The van der Waals surface area contributed by atoms with Gasteiger partial charge in [0, 0.05) is 29.9 Å². The van der Waals surface area contributed by atoms with Gasteiger partial charge in [0.1, 0.15) is 0 Å². The van der Waals surface area contributed by atoms with Crippen LogP contribution in [0.25, 0.3) is 0 Å². The number of carbonyl (C=O) groups is 1. The van der Waals surface area contributed by atoms with E-state index in [0.29, 0.717) is 6.04 Å². The van der Waals surface area contributed by atoms with Crippen LogP contribution in [0.15, 0.2) is 24.3 Å². The fourth-order valence-electron chi connectivity index (χ4n) is 2.29. The molecule has 3 N–H and O–H groups in total. The summed E-state index contributed by atoms with van der Waals surface area (Å²) in [5.41, 5.74) is 1.97. The van der Waals surface area contributed by atoms with Crippen LogP contribution in [0.3, 0.4) is 0 Å². The molecule has 18 heavy (non-hydrogen) atoms. The number of benzene rings is 1. The molecule has 4 heteroatoms. The molecular formula is C14H19N3O. The number of nitrogens with one attached hydrogen (secondary N) is 3. The topological polar surface area (TPSA) is 53.2 Å². The molecule has 1 atom stereocenters. The van der Waals surface area contributed by atoms with E-state index >= 15 is 0 Å². The van der Waals surface area contributed by atoms with Gasteiger partial charge >= 0.3 is 0 Å². The second-order valence-electron chi connectivity index (χ2n) is 5.18. The minimum atomic E-state index is 0.162. The lowest BCUT2D eigenvalue weighted by Gasteiger charge is -2.14. The Morgan fingerprint density at radius 3 is 2.78 bits per heavy atom. The van der Waals surface area contributed by atoms with Gasteiger partial charge in [-0.15, -0.1) is 0 Å². The number of rotatable bonds is 4. The average Bonchev–Trinajstić information content (AvgIpc) is 3.10. The Bertz CT molecular complexity index is 436. The van der Waals surface area contributed by atoms with Crippen LogP contribution in [0.4, 0.5) is 11.4 Å². The zero-order valence-electron chi connectivity index (χ0n) is 10.4. The highest BCUT2D eigenvalue weighted by Crippen LogP contribution is 2.30. The minimum absolute atomic E-state index is 0.162. The van der Waals surface area contributed by atoms with Gasteiger partial charge in [-0.25, -0.2) is 0 Å². The Labute approximate surface area is 107 Å². The summed E-state index contributed by atoms with van der Waals surface area (Å²) in [5, 5.41) is 9.79. The van der Waals surface area contributed by atoms with Crippen molar-refractivity contribution < 1.29 is 4.79 Å². The molecule has 0 bridgehead atoms. The van der Waals surface area contributed by atoms with E-state index in [2.05, 4.69) is 16.0 Å². The Balaban J connectivity index is 1.62. The molecule has 3 rings (SSSR count). The van der Waals surface area contributed by atoms with Crippen molar-refractivity contribution in [3.63, 3.8) is 0 Å². The van der Waals surface area contributed by atoms with Crippen molar-refractivity contribution >= 4 is 17.3 Å². The van der Waals surface area contributed by atoms with Crippen LogP contribution in [-0.2, 0) is 4.79 Å². The Morgan fingerprint density at radius 2 is 2.06 bits per heavy atom. The van der Waals surface area contributed by atoms with Crippen molar-refractivity contribution in [1.82, 2.24) is 5.32 Å². The van der Waals surface area contributed by atoms with E-state index in [1.807, 2.05) is 24.3 Å². The van der Waals surface area contributed by atoms with Gasteiger partial charge in [0.05, 0.1) is 0 Å². The largest absolute Gasteiger partial charge is 0.381 e. The molecule has 1 aliphatic heterocycles. The number of hydrogen-bond donors (Lipinski definition) is 3. The lowest BCUT2D eigenvalue weighted by molar-refractivity contribution is -0.117. The highest BCUT2D eigenvalue weighted by Gasteiger charge is 2.29. The summed E-state index contributed by atoms with van der Waals surface area (Å²) >= 11 is 0. The molecule has 0 radical (unpaired) electrons. The molecule has 1 aromatic rings. The zero-order valence-corrected chi connectivity index (χ0v) is 10.4. The van der Waals surface area contributed by atoms with Gasteiger partial charge in [-0.3, -0.25) is 4.79 Å². The second-order valence-corrected chi connectivity index (χ2v) is 5.18. The molecule has 1 heterocycles. The summed E-state index contributed by atoms with van der Waals surface area (Å²) in [7, 11) is 0. The van der Waals surface area contributed by atoms with Crippen molar-refractivity contribution in [1.29, 1.82) is 0 Å². The fraction of sp³-hybridized carbons (Fsp3) is 0.500. The molecule has 1 aliphatic carbocycles. The summed E-state index contributed by atoms with van der Waals surface area (Å²) in [6.07, 6.45) is 3.23. The highest BCUT2D eigenvalue weighted by atomic mass is 16.2. The first-order valence-corrected chi connectivity index (χ1v) is 6.69. The highest BCUT2D eigenvalue weighted by molar-refractivity contribution is 5.94. The number of hydrogen-bond acceptors (Lipinski definition) is 3. The fourth-order valence-corrected chi connectivity index (χ4v) is 2.29. The van der Waals surface area contributed by atoms with Crippen molar-refractivity contribution in [2.45, 2.75) is 25.3 Å². The predicted molar refractivity (Wildman–Crippen MR) is 72.7 cm³/mol. The smallest absolute Gasteiger partial charge is 0.227 e. The first-order valence-electron chi connectivity index (χ1n) is 6.69. The first kappa shape index (κ1) is 11.5. The van der Waals surface area contributed by atoms with Crippen LogP contribution in [-0.4, -0.2) is 25.0 Å². The molecule has 96 valence electrons. The van der Waals surface area contributed by atoms with Crippen LogP contribution in [0.5, 0.6) is 0 Å². The van der Waals surface area contributed by atoms with Gasteiger partial charge in [0.2, 0.25) is 5.91 Å². The molecule has 0 aromatic heterocycles. The van der Waals surface area contributed by atoms with Crippen molar-refractivity contribution in [2.75, 3.05) is 23.7 Å². The van der Waals surface area contributed by atoms with Crippen LogP contribution < -0.4 is 16.0 Å². The van der Waals surface area contributed by atoms with Gasteiger partial charge in [-0.05, 0) is 44.0 Å². The average molecular weight is 245 g/mol. The maximum Gasteiger partial charge on any atom is 0.227 e. The molecule has 1 saturated carbocycles. The zero-order chi connectivity index (χ0) is 12.4. The molecule has 0 spiro atoms. The Morgan fingerprint density at radius 1 is 1.22 bits per heavy atom. The van der Waals surface area contributed by atoms with Gasteiger partial charge in [-0.2, -0.15) is 0 Å². The van der Waals surface area contributed by atoms with Gasteiger partial charge in [-0.1, -0.05) is 6.07 Å². The third kappa shape index (κ3) is 2.82. The van der Waals surface area contributed by atoms with Crippen LogP contribution >= 0.6 is 0 Å². The van der Waals surface area contributed by atoms with Crippen LogP contribution in [0, 0.1) is 5.92 Å². The van der Waals surface area contributed by atoms with Crippen molar-refractivity contribution in [3.05, 3.63) is 24.3 Å². The second kappa shape index (κ2) is 4.98. The molecule has 1 unspecified atom stereocenters. The number of anilines is 2. The van der Waals surface area contributed by atoms with E-state index in [-0.39, 0.29) is 11.8 Å². The molecule has 1 amide bonds. The lowest BCUT2D eigenvalue weighted by Crippen LogP contribution is -2.22. The number of carbonyl (C=O) groups excluding carboxylic acids is 1. The normalized spacial score (nSPS) is 22.8. The molecule has 4 nitrogen and oxygen atoms in total. The van der Waals surface area contributed by atoms with Gasteiger partial charge in [0.25, 0.3) is 0 Å². The maximum absolute atomic E-state index is 11.7. The van der Waals surface area contributed by atoms with E-state index in [0.717, 1.165) is 43.7 Å². The van der Waals surface area contributed by atoms with Crippen LogP contribution in [0.1, 0.15) is 19.3 Å². The third-order valence-corrected chi connectivity index (χ3v) is 3.51. The standard InChI is InChI=1S/C14H19N3O/c18-14(10-4-5-10)17-12-3-1-2-11(8-12)16-13-6-7-15-9-13/h1-3,8,10,13,15-16H,4-7,9H2,(H,17,18).